The fourth-order valence-corrected chi connectivity index (χ4v) is 1.82. The molecule has 0 bridgehead atoms. The second-order valence-corrected chi connectivity index (χ2v) is 4.50. The first-order valence-electron chi connectivity index (χ1n) is 4.01. The number of thioether (sulfide) groups is 1. The molecule has 3 heteroatoms. The van der Waals surface area contributed by atoms with E-state index in [0.717, 1.165) is 28.1 Å². The maximum absolute atomic E-state index is 5.15. The van der Waals surface area contributed by atoms with Crippen LogP contribution in [-0.2, 0) is 0 Å². The van der Waals surface area contributed by atoms with Crippen molar-refractivity contribution < 1.29 is 0 Å². The van der Waals surface area contributed by atoms with E-state index < -0.39 is 0 Å². The highest BCUT2D eigenvalue weighted by Crippen LogP contribution is 2.18. The van der Waals surface area contributed by atoms with E-state index in [9.17, 15) is 0 Å². The lowest BCUT2D eigenvalue weighted by Gasteiger charge is -1.98. The number of hydrogen-bond acceptors (Lipinski definition) is 2. The van der Waals surface area contributed by atoms with Crippen molar-refractivity contribution in [2.45, 2.75) is 17.9 Å². The van der Waals surface area contributed by atoms with Gasteiger partial charge in [0, 0.05) is 22.8 Å². The average molecular weight is 256 g/mol. The Morgan fingerprint density at radius 2 is 2.38 bits per heavy atom. The zero-order valence-electron chi connectivity index (χ0n) is 7.16. The predicted molar refractivity (Wildman–Crippen MR) is 60.7 cm³/mol. The Hall–Kier alpha value is -0.460. The summed E-state index contributed by atoms with van der Waals surface area (Å²) in [4.78, 5) is 4.24. The number of rotatable bonds is 4. The van der Waals surface area contributed by atoms with E-state index in [1.807, 2.05) is 18.3 Å². The van der Waals surface area contributed by atoms with Gasteiger partial charge >= 0.3 is 0 Å². The lowest BCUT2D eigenvalue weighted by atomic mass is 10.4. The molecule has 0 unspecified atom stereocenters. The van der Waals surface area contributed by atoms with Gasteiger partial charge < -0.3 is 0 Å². The van der Waals surface area contributed by atoms with Crippen LogP contribution in [0.15, 0.2) is 27.8 Å². The topological polar surface area (TPSA) is 12.9 Å². The minimum Gasteiger partial charge on any atom is -0.249 e. The zero-order valence-corrected chi connectivity index (χ0v) is 9.57. The van der Waals surface area contributed by atoms with Crippen molar-refractivity contribution in [1.82, 2.24) is 4.98 Å². The molecule has 0 aliphatic carbocycles. The quantitative estimate of drug-likeness (QED) is 0.465. The number of aromatic nitrogens is 1. The highest BCUT2D eigenvalue weighted by Gasteiger charge is 1.94. The van der Waals surface area contributed by atoms with Gasteiger partial charge in [0.25, 0.3) is 0 Å². The van der Waals surface area contributed by atoms with Crippen LogP contribution in [0.3, 0.4) is 0 Å². The molecular formula is C10H10BrNS. The van der Waals surface area contributed by atoms with Gasteiger partial charge in [0.05, 0.1) is 5.03 Å². The van der Waals surface area contributed by atoms with Gasteiger partial charge in [-0.25, -0.2) is 4.98 Å². The normalized spacial score (nSPS) is 9.54. The fraction of sp³-hybridized carbons (Fsp3) is 0.300. The van der Waals surface area contributed by atoms with E-state index in [4.69, 9.17) is 6.42 Å². The minimum absolute atomic E-state index is 0.851. The van der Waals surface area contributed by atoms with Gasteiger partial charge in [0.2, 0.25) is 0 Å². The molecular weight excluding hydrogens is 246 g/mol. The molecule has 13 heavy (non-hydrogen) atoms. The van der Waals surface area contributed by atoms with Crippen LogP contribution in [0.25, 0.3) is 0 Å². The Bertz CT molecular complexity index is 289. The number of nitrogens with zero attached hydrogens (tertiary/aromatic N) is 1. The number of hydrogen-bond donors (Lipinski definition) is 0. The van der Waals surface area contributed by atoms with Crippen LogP contribution in [0.4, 0.5) is 0 Å². The van der Waals surface area contributed by atoms with Crippen LogP contribution < -0.4 is 0 Å². The van der Waals surface area contributed by atoms with E-state index in [0.29, 0.717) is 0 Å². The van der Waals surface area contributed by atoms with E-state index in [1.165, 1.54) is 0 Å². The molecule has 0 aromatic carbocycles. The summed E-state index contributed by atoms with van der Waals surface area (Å²) in [5.41, 5.74) is 0. The number of terminal acetylenes is 1. The standard InChI is InChI=1S/C10H10BrNS/c1-2-3-4-7-13-10-6-5-9(11)8-12-10/h1,5-6,8H,3-4,7H2. The summed E-state index contributed by atoms with van der Waals surface area (Å²) >= 11 is 5.08. The van der Waals surface area contributed by atoms with E-state index in [-0.39, 0.29) is 0 Å². The monoisotopic (exact) mass is 255 g/mol. The molecule has 1 aromatic heterocycles. The third kappa shape index (κ3) is 4.35. The van der Waals surface area contributed by atoms with E-state index >= 15 is 0 Å². The minimum atomic E-state index is 0.851. The van der Waals surface area contributed by atoms with Crippen molar-refractivity contribution in [2.24, 2.45) is 0 Å². The van der Waals surface area contributed by atoms with Gasteiger partial charge in [-0.2, -0.15) is 0 Å². The fourth-order valence-electron chi connectivity index (χ4n) is 0.799. The van der Waals surface area contributed by atoms with Crippen LogP contribution in [0.2, 0.25) is 0 Å². The molecule has 1 nitrogen and oxygen atoms in total. The Morgan fingerprint density at radius 3 is 3.00 bits per heavy atom. The van der Waals surface area contributed by atoms with Crippen LogP contribution in [0, 0.1) is 12.3 Å². The van der Waals surface area contributed by atoms with Crippen molar-refractivity contribution in [3.05, 3.63) is 22.8 Å². The molecule has 0 saturated heterocycles. The lowest BCUT2D eigenvalue weighted by Crippen LogP contribution is -1.82. The maximum atomic E-state index is 5.15. The second kappa shape index (κ2) is 6.06. The largest absolute Gasteiger partial charge is 0.249 e. The van der Waals surface area contributed by atoms with Gasteiger partial charge in [-0.05, 0) is 34.5 Å². The zero-order chi connectivity index (χ0) is 9.52. The SMILES string of the molecule is C#CCCCSc1ccc(Br)cn1. The summed E-state index contributed by atoms with van der Waals surface area (Å²) in [5, 5.41) is 1.06. The first kappa shape index (κ1) is 10.6. The van der Waals surface area contributed by atoms with E-state index in [2.05, 4.69) is 26.8 Å². The van der Waals surface area contributed by atoms with Gasteiger partial charge in [-0.1, -0.05) is 0 Å². The Morgan fingerprint density at radius 1 is 1.54 bits per heavy atom. The van der Waals surface area contributed by atoms with Crippen molar-refractivity contribution >= 4 is 27.7 Å². The molecule has 1 heterocycles. The van der Waals surface area contributed by atoms with Gasteiger partial charge in [-0.3, -0.25) is 0 Å². The molecule has 1 aromatic rings. The molecule has 0 fully saturated rings. The number of unbranched alkanes of at least 4 members (excludes halogenated alkanes) is 1. The molecule has 68 valence electrons. The lowest BCUT2D eigenvalue weighted by molar-refractivity contribution is 0.992. The second-order valence-electron chi connectivity index (χ2n) is 2.47. The van der Waals surface area contributed by atoms with Crippen LogP contribution >= 0.6 is 27.7 Å². The first-order chi connectivity index (χ1) is 6.33. The Kier molecular flexibility index (Phi) is 4.95. The Labute approximate surface area is 91.5 Å². The van der Waals surface area contributed by atoms with Crippen molar-refractivity contribution in [3.63, 3.8) is 0 Å². The Balaban J connectivity index is 2.30. The summed E-state index contributed by atoms with van der Waals surface area (Å²) in [6, 6.07) is 4.00. The van der Waals surface area contributed by atoms with Crippen molar-refractivity contribution in [3.8, 4) is 12.3 Å². The molecule has 1 rings (SSSR count). The van der Waals surface area contributed by atoms with Crippen molar-refractivity contribution in [2.75, 3.05) is 5.75 Å². The summed E-state index contributed by atoms with van der Waals surface area (Å²) in [7, 11) is 0. The summed E-state index contributed by atoms with van der Waals surface area (Å²) < 4.78 is 1.01. The van der Waals surface area contributed by atoms with Crippen LogP contribution in [-0.4, -0.2) is 10.7 Å². The van der Waals surface area contributed by atoms with Crippen LogP contribution in [0.1, 0.15) is 12.8 Å². The molecule has 0 N–H and O–H groups in total. The van der Waals surface area contributed by atoms with Gasteiger partial charge in [-0.15, -0.1) is 24.1 Å². The van der Waals surface area contributed by atoms with Gasteiger partial charge in [0.15, 0.2) is 0 Å². The molecule has 0 aliphatic heterocycles. The highest BCUT2D eigenvalue weighted by molar-refractivity contribution is 9.10. The van der Waals surface area contributed by atoms with Gasteiger partial charge in [0.1, 0.15) is 0 Å². The molecule has 0 atom stereocenters. The smallest absolute Gasteiger partial charge is 0.0960 e. The van der Waals surface area contributed by atoms with E-state index in [1.54, 1.807) is 11.8 Å². The summed E-state index contributed by atoms with van der Waals surface area (Å²) in [5.74, 6) is 3.66. The molecule has 0 saturated carbocycles. The molecule has 0 amide bonds. The highest BCUT2D eigenvalue weighted by atomic mass is 79.9. The summed E-state index contributed by atoms with van der Waals surface area (Å²) in [6.45, 7) is 0. The molecule has 0 radical (unpaired) electrons. The maximum Gasteiger partial charge on any atom is 0.0960 e. The summed E-state index contributed by atoms with van der Waals surface area (Å²) in [6.07, 6.45) is 8.86. The number of pyridine rings is 1. The third-order valence-corrected chi connectivity index (χ3v) is 2.91. The molecule has 0 spiro atoms. The average Bonchev–Trinajstić information content (AvgIpc) is 2.15. The predicted octanol–water partition coefficient (Wildman–Crippen LogP) is 3.35. The molecule has 0 aliphatic rings. The van der Waals surface area contributed by atoms with Crippen molar-refractivity contribution in [1.29, 1.82) is 0 Å². The third-order valence-electron chi connectivity index (χ3n) is 1.42. The number of halogens is 1. The first-order valence-corrected chi connectivity index (χ1v) is 5.78. The van der Waals surface area contributed by atoms with Crippen LogP contribution in [0.5, 0.6) is 0 Å².